The second-order valence-electron chi connectivity index (χ2n) is 3.53. The van der Waals surface area contributed by atoms with Gasteiger partial charge >= 0.3 is 0 Å². The van der Waals surface area contributed by atoms with Crippen LogP contribution in [0.25, 0.3) is 5.57 Å². The highest BCUT2D eigenvalue weighted by molar-refractivity contribution is 9.10. The maximum atomic E-state index is 3.50. The van der Waals surface area contributed by atoms with Crippen LogP contribution in [0.15, 0.2) is 34.8 Å². The average Bonchev–Trinajstić information content (AvgIpc) is 2.90. The van der Waals surface area contributed by atoms with E-state index in [1.54, 1.807) is 0 Å². The van der Waals surface area contributed by atoms with Gasteiger partial charge in [0.1, 0.15) is 0 Å². The number of allylic oxidation sites excluding steroid dienone is 2. The lowest BCUT2D eigenvalue weighted by Crippen LogP contribution is -1.85. The Morgan fingerprint density at radius 3 is 2.77 bits per heavy atom. The normalized spacial score (nSPS) is 17.5. The smallest absolute Gasteiger partial charge is 0.0181 e. The van der Waals surface area contributed by atoms with E-state index in [2.05, 4.69) is 53.2 Å². The summed E-state index contributed by atoms with van der Waals surface area (Å²) in [5, 5.41) is 0. The van der Waals surface area contributed by atoms with Crippen molar-refractivity contribution in [2.24, 2.45) is 5.92 Å². The Bertz CT molecular complexity index is 335. The molecule has 0 amide bonds. The third-order valence-corrected chi connectivity index (χ3v) is 2.98. The van der Waals surface area contributed by atoms with E-state index in [0.717, 1.165) is 5.92 Å². The van der Waals surface area contributed by atoms with Crippen LogP contribution in [0.1, 0.15) is 25.3 Å². The Balaban J connectivity index is 2.32. The predicted octanol–water partition coefficient (Wildman–Crippen LogP) is 4.26. The average molecular weight is 237 g/mol. The van der Waals surface area contributed by atoms with Crippen LogP contribution in [0.5, 0.6) is 0 Å². The van der Waals surface area contributed by atoms with Crippen molar-refractivity contribution in [2.45, 2.75) is 19.8 Å². The molecule has 0 radical (unpaired) electrons. The molecule has 1 aromatic carbocycles. The standard InChI is InChI=1S/C12H13Br/c1-2-12(9-6-7-9)10-4-3-5-11(13)8-10/h2-5,8-9H,6-7H2,1H3/b12-2+. The van der Waals surface area contributed by atoms with Gasteiger partial charge in [0, 0.05) is 4.47 Å². The largest absolute Gasteiger partial charge is 0.0836 e. The van der Waals surface area contributed by atoms with Crippen molar-refractivity contribution >= 4 is 21.5 Å². The molecule has 0 nitrogen and oxygen atoms in total. The number of benzene rings is 1. The fourth-order valence-electron chi connectivity index (χ4n) is 1.70. The molecule has 1 saturated carbocycles. The van der Waals surface area contributed by atoms with Crippen molar-refractivity contribution < 1.29 is 0 Å². The summed E-state index contributed by atoms with van der Waals surface area (Å²) in [6, 6.07) is 8.57. The minimum atomic E-state index is 0.833. The highest BCUT2D eigenvalue weighted by atomic mass is 79.9. The van der Waals surface area contributed by atoms with Crippen LogP contribution >= 0.6 is 15.9 Å². The predicted molar refractivity (Wildman–Crippen MR) is 60.5 cm³/mol. The number of halogens is 1. The second kappa shape index (κ2) is 3.67. The van der Waals surface area contributed by atoms with Crippen LogP contribution in [0.4, 0.5) is 0 Å². The van der Waals surface area contributed by atoms with Crippen molar-refractivity contribution in [1.82, 2.24) is 0 Å². The number of hydrogen-bond donors (Lipinski definition) is 0. The van der Waals surface area contributed by atoms with Gasteiger partial charge in [-0.3, -0.25) is 0 Å². The minimum absolute atomic E-state index is 0.833. The summed E-state index contributed by atoms with van der Waals surface area (Å²) in [5.41, 5.74) is 2.89. The molecular formula is C12H13Br. The fourth-order valence-corrected chi connectivity index (χ4v) is 2.10. The van der Waals surface area contributed by atoms with Gasteiger partial charge in [-0.15, -0.1) is 0 Å². The fraction of sp³-hybridized carbons (Fsp3) is 0.333. The van der Waals surface area contributed by atoms with Gasteiger partial charge in [0.25, 0.3) is 0 Å². The van der Waals surface area contributed by atoms with Crippen LogP contribution in [-0.2, 0) is 0 Å². The first-order chi connectivity index (χ1) is 6.31. The Morgan fingerprint density at radius 2 is 2.23 bits per heavy atom. The SMILES string of the molecule is C/C=C(/c1cccc(Br)c1)C1CC1. The summed E-state index contributed by atoms with van der Waals surface area (Å²) in [4.78, 5) is 0. The van der Waals surface area contributed by atoms with Crippen LogP contribution < -0.4 is 0 Å². The first kappa shape index (κ1) is 9.01. The van der Waals surface area contributed by atoms with E-state index in [-0.39, 0.29) is 0 Å². The molecule has 0 spiro atoms. The van der Waals surface area contributed by atoms with Gasteiger partial charge in [-0.1, -0.05) is 34.1 Å². The monoisotopic (exact) mass is 236 g/mol. The summed E-state index contributed by atoms with van der Waals surface area (Å²) < 4.78 is 1.17. The molecule has 1 aliphatic carbocycles. The molecule has 0 heterocycles. The van der Waals surface area contributed by atoms with E-state index < -0.39 is 0 Å². The van der Waals surface area contributed by atoms with Gasteiger partial charge < -0.3 is 0 Å². The molecule has 1 fully saturated rings. The van der Waals surface area contributed by atoms with Crippen molar-refractivity contribution in [3.8, 4) is 0 Å². The van der Waals surface area contributed by atoms with Crippen LogP contribution in [0.2, 0.25) is 0 Å². The Labute approximate surface area is 87.8 Å². The molecule has 0 saturated heterocycles. The summed E-state index contributed by atoms with van der Waals surface area (Å²) in [6.07, 6.45) is 4.98. The lowest BCUT2D eigenvalue weighted by molar-refractivity contribution is 1.14. The van der Waals surface area contributed by atoms with Gasteiger partial charge in [-0.05, 0) is 49.0 Å². The molecule has 0 aliphatic heterocycles. The van der Waals surface area contributed by atoms with E-state index in [0.29, 0.717) is 0 Å². The highest BCUT2D eigenvalue weighted by Gasteiger charge is 2.25. The number of hydrogen-bond acceptors (Lipinski definition) is 0. The molecule has 1 aliphatic rings. The zero-order valence-electron chi connectivity index (χ0n) is 7.76. The van der Waals surface area contributed by atoms with Crippen molar-refractivity contribution in [3.05, 3.63) is 40.4 Å². The molecule has 13 heavy (non-hydrogen) atoms. The lowest BCUT2D eigenvalue weighted by Gasteiger charge is -2.05. The molecule has 0 atom stereocenters. The third kappa shape index (κ3) is 2.02. The van der Waals surface area contributed by atoms with E-state index in [1.165, 1.54) is 28.5 Å². The van der Waals surface area contributed by atoms with E-state index >= 15 is 0 Å². The molecule has 2 rings (SSSR count). The minimum Gasteiger partial charge on any atom is -0.0836 e. The maximum absolute atomic E-state index is 3.50. The molecular weight excluding hydrogens is 224 g/mol. The Morgan fingerprint density at radius 1 is 1.46 bits per heavy atom. The van der Waals surface area contributed by atoms with Gasteiger partial charge in [0.2, 0.25) is 0 Å². The zero-order valence-corrected chi connectivity index (χ0v) is 9.34. The van der Waals surface area contributed by atoms with Crippen molar-refractivity contribution in [2.75, 3.05) is 0 Å². The van der Waals surface area contributed by atoms with E-state index in [4.69, 9.17) is 0 Å². The quantitative estimate of drug-likeness (QED) is 0.720. The Kier molecular flexibility index (Phi) is 2.54. The van der Waals surface area contributed by atoms with Crippen molar-refractivity contribution in [3.63, 3.8) is 0 Å². The molecule has 1 heteroatoms. The van der Waals surface area contributed by atoms with Crippen molar-refractivity contribution in [1.29, 1.82) is 0 Å². The maximum Gasteiger partial charge on any atom is 0.0181 e. The zero-order chi connectivity index (χ0) is 9.26. The number of rotatable bonds is 2. The molecule has 0 N–H and O–H groups in total. The molecule has 0 aromatic heterocycles. The van der Waals surface area contributed by atoms with Gasteiger partial charge in [-0.25, -0.2) is 0 Å². The second-order valence-corrected chi connectivity index (χ2v) is 4.44. The topological polar surface area (TPSA) is 0 Å². The highest BCUT2D eigenvalue weighted by Crippen LogP contribution is 2.42. The summed E-state index contributed by atoms with van der Waals surface area (Å²) in [7, 11) is 0. The van der Waals surface area contributed by atoms with E-state index in [1.807, 2.05) is 0 Å². The van der Waals surface area contributed by atoms with Gasteiger partial charge in [-0.2, -0.15) is 0 Å². The molecule has 0 bridgehead atoms. The first-order valence-electron chi connectivity index (χ1n) is 4.73. The van der Waals surface area contributed by atoms with Gasteiger partial charge in [0.05, 0.1) is 0 Å². The first-order valence-corrected chi connectivity index (χ1v) is 5.52. The lowest BCUT2D eigenvalue weighted by atomic mass is 10.0. The Hall–Kier alpha value is -0.560. The summed E-state index contributed by atoms with van der Waals surface area (Å²) in [5.74, 6) is 0.833. The van der Waals surface area contributed by atoms with E-state index in [9.17, 15) is 0 Å². The van der Waals surface area contributed by atoms with Crippen LogP contribution in [0, 0.1) is 5.92 Å². The van der Waals surface area contributed by atoms with Crippen LogP contribution in [-0.4, -0.2) is 0 Å². The van der Waals surface area contributed by atoms with Crippen LogP contribution in [0.3, 0.4) is 0 Å². The third-order valence-electron chi connectivity index (χ3n) is 2.49. The summed E-state index contributed by atoms with van der Waals surface area (Å²) >= 11 is 3.50. The molecule has 68 valence electrons. The molecule has 0 unspecified atom stereocenters. The van der Waals surface area contributed by atoms with Gasteiger partial charge in [0.15, 0.2) is 0 Å². The summed E-state index contributed by atoms with van der Waals surface area (Å²) in [6.45, 7) is 2.13. The molecule has 1 aromatic rings.